The van der Waals surface area contributed by atoms with Crippen molar-refractivity contribution in [2.24, 2.45) is 5.92 Å². The maximum atomic E-state index is 12.5. The van der Waals surface area contributed by atoms with Crippen LogP contribution in [0.4, 0.5) is 10.5 Å². The minimum absolute atomic E-state index is 0.0287. The van der Waals surface area contributed by atoms with Gasteiger partial charge in [-0.05, 0) is 30.5 Å². The largest absolute Gasteiger partial charge is 0.350 e. The molecule has 5 heteroatoms. The van der Waals surface area contributed by atoms with Crippen LogP contribution in [0, 0.1) is 12.8 Å². The Kier molecular flexibility index (Phi) is 6.57. The number of para-hydroxylation sites is 1. The molecule has 0 saturated heterocycles. The summed E-state index contributed by atoms with van der Waals surface area (Å²) < 4.78 is 0. The molecule has 0 fully saturated rings. The van der Waals surface area contributed by atoms with Crippen LogP contribution in [-0.4, -0.2) is 18.0 Å². The van der Waals surface area contributed by atoms with Gasteiger partial charge in [-0.25, -0.2) is 4.79 Å². The van der Waals surface area contributed by atoms with Gasteiger partial charge >= 0.3 is 6.03 Å². The maximum absolute atomic E-state index is 12.5. The van der Waals surface area contributed by atoms with E-state index in [-0.39, 0.29) is 11.8 Å². The van der Waals surface area contributed by atoms with Gasteiger partial charge in [-0.1, -0.05) is 61.9 Å². The molecule has 0 spiro atoms. The number of anilines is 1. The molecule has 1 atom stereocenters. The fourth-order valence-electron chi connectivity index (χ4n) is 2.49. The number of benzene rings is 2. The molecule has 3 amide bonds. The zero-order valence-electron chi connectivity index (χ0n) is 14.9. The molecule has 0 aliphatic rings. The molecule has 5 nitrogen and oxygen atoms in total. The second kappa shape index (κ2) is 8.87. The van der Waals surface area contributed by atoms with Gasteiger partial charge in [0.15, 0.2) is 0 Å². The van der Waals surface area contributed by atoms with E-state index in [1.807, 2.05) is 63.2 Å². The zero-order chi connectivity index (χ0) is 18.2. The Labute approximate surface area is 148 Å². The van der Waals surface area contributed by atoms with Gasteiger partial charge < -0.3 is 16.0 Å². The number of aryl methyl sites for hydroxylation is 1. The summed E-state index contributed by atoms with van der Waals surface area (Å²) >= 11 is 0. The van der Waals surface area contributed by atoms with Gasteiger partial charge in [-0.3, -0.25) is 4.79 Å². The topological polar surface area (TPSA) is 70.2 Å². The minimum atomic E-state index is -0.603. The molecule has 1 unspecified atom stereocenters. The third kappa shape index (κ3) is 5.95. The molecule has 2 aromatic rings. The summed E-state index contributed by atoms with van der Waals surface area (Å²) in [7, 11) is 0. The molecule has 0 saturated carbocycles. The first-order chi connectivity index (χ1) is 12.0. The Bertz CT molecular complexity index is 714. The summed E-state index contributed by atoms with van der Waals surface area (Å²) in [6.07, 6.45) is 0. The normalized spacial score (nSPS) is 11.7. The number of nitrogens with one attached hydrogen (secondary N) is 3. The van der Waals surface area contributed by atoms with E-state index in [1.165, 1.54) is 0 Å². The highest BCUT2D eigenvalue weighted by atomic mass is 16.2. The highest BCUT2D eigenvalue weighted by Gasteiger charge is 2.23. The molecule has 2 rings (SSSR count). The van der Waals surface area contributed by atoms with Crippen molar-refractivity contribution in [1.82, 2.24) is 10.6 Å². The van der Waals surface area contributed by atoms with Crippen LogP contribution in [0.15, 0.2) is 54.6 Å². The highest BCUT2D eigenvalue weighted by molar-refractivity contribution is 5.93. The van der Waals surface area contributed by atoms with E-state index in [9.17, 15) is 9.59 Å². The Morgan fingerprint density at radius 2 is 1.72 bits per heavy atom. The van der Waals surface area contributed by atoms with E-state index in [1.54, 1.807) is 12.1 Å². The van der Waals surface area contributed by atoms with E-state index in [2.05, 4.69) is 16.0 Å². The molecule has 0 aromatic heterocycles. The number of urea groups is 1. The maximum Gasteiger partial charge on any atom is 0.319 e. The fraction of sp³-hybridized carbons (Fsp3) is 0.300. The van der Waals surface area contributed by atoms with Crippen LogP contribution >= 0.6 is 0 Å². The minimum Gasteiger partial charge on any atom is -0.350 e. The number of carbonyl (C=O) groups excluding carboxylic acids is 2. The first kappa shape index (κ1) is 18.5. The third-order valence-electron chi connectivity index (χ3n) is 3.82. The number of amides is 3. The van der Waals surface area contributed by atoms with Crippen LogP contribution in [0.1, 0.15) is 25.0 Å². The molecule has 0 aliphatic heterocycles. The summed E-state index contributed by atoms with van der Waals surface area (Å²) in [4.78, 5) is 24.6. The van der Waals surface area contributed by atoms with Crippen molar-refractivity contribution in [2.45, 2.75) is 33.4 Å². The Balaban J connectivity index is 1.92. The van der Waals surface area contributed by atoms with Crippen LogP contribution < -0.4 is 16.0 Å². The van der Waals surface area contributed by atoms with Gasteiger partial charge in [0.05, 0.1) is 0 Å². The molecule has 0 bridgehead atoms. The molecular formula is C20H25N3O2. The van der Waals surface area contributed by atoms with Crippen LogP contribution in [0.5, 0.6) is 0 Å². The van der Waals surface area contributed by atoms with Gasteiger partial charge in [0, 0.05) is 12.2 Å². The predicted octanol–water partition coefficient (Wildman–Crippen LogP) is 3.46. The summed E-state index contributed by atoms with van der Waals surface area (Å²) in [6, 6.07) is 16.1. The third-order valence-corrected chi connectivity index (χ3v) is 3.82. The quantitative estimate of drug-likeness (QED) is 0.754. The Morgan fingerprint density at radius 1 is 1.00 bits per heavy atom. The number of carbonyl (C=O) groups is 2. The molecule has 0 heterocycles. The molecule has 0 aliphatic carbocycles. The van der Waals surface area contributed by atoms with Crippen LogP contribution in [0.2, 0.25) is 0 Å². The standard InChI is InChI=1S/C20H25N3O2/c1-14(2)18(23-20(25)22-17-10-5-4-6-11-17)19(24)21-13-16-9-7-8-15(3)12-16/h4-12,14,18H,13H2,1-3H3,(H,21,24)(H2,22,23,25). The van der Waals surface area contributed by atoms with Gasteiger partial charge in [-0.15, -0.1) is 0 Å². The average molecular weight is 339 g/mol. The summed E-state index contributed by atoms with van der Waals surface area (Å²) in [6.45, 7) is 6.25. The van der Waals surface area contributed by atoms with E-state index < -0.39 is 12.1 Å². The Morgan fingerprint density at radius 3 is 2.36 bits per heavy atom. The lowest BCUT2D eigenvalue weighted by molar-refractivity contribution is -0.124. The molecule has 25 heavy (non-hydrogen) atoms. The summed E-state index contributed by atoms with van der Waals surface area (Å²) in [5.41, 5.74) is 2.86. The smallest absolute Gasteiger partial charge is 0.319 e. The number of hydrogen-bond donors (Lipinski definition) is 3. The molecule has 0 radical (unpaired) electrons. The predicted molar refractivity (Wildman–Crippen MR) is 100 cm³/mol. The van der Waals surface area contributed by atoms with Crippen molar-refractivity contribution in [2.75, 3.05) is 5.32 Å². The van der Waals surface area contributed by atoms with E-state index >= 15 is 0 Å². The first-order valence-corrected chi connectivity index (χ1v) is 8.41. The van der Waals surface area contributed by atoms with Crippen molar-refractivity contribution in [3.05, 3.63) is 65.7 Å². The number of hydrogen-bond acceptors (Lipinski definition) is 2. The second-order valence-corrected chi connectivity index (χ2v) is 6.39. The fourth-order valence-corrected chi connectivity index (χ4v) is 2.49. The lowest BCUT2D eigenvalue weighted by atomic mass is 10.0. The lowest BCUT2D eigenvalue weighted by Gasteiger charge is -2.22. The van der Waals surface area contributed by atoms with Gasteiger partial charge in [0.2, 0.25) is 5.91 Å². The summed E-state index contributed by atoms with van der Waals surface area (Å²) in [5, 5.41) is 8.38. The van der Waals surface area contributed by atoms with Gasteiger partial charge in [-0.2, -0.15) is 0 Å². The molecule has 132 valence electrons. The average Bonchev–Trinajstić information content (AvgIpc) is 2.58. The second-order valence-electron chi connectivity index (χ2n) is 6.39. The van der Waals surface area contributed by atoms with Crippen LogP contribution in [-0.2, 0) is 11.3 Å². The highest BCUT2D eigenvalue weighted by Crippen LogP contribution is 2.08. The first-order valence-electron chi connectivity index (χ1n) is 8.41. The van der Waals surface area contributed by atoms with Crippen molar-refractivity contribution in [3.8, 4) is 0 Å². The van der Waals surface area contributed by atoms with E-state index in [4.69, 9.17) is 0 Å². The van der Waals surface area contributed by atoms with Crippen molar-refractivity contribution < 1.29 is 9.59 Å². The van der Waals surface area contributed by atoms with Crippen LogP contribution in [0.25, 0.3) is 0 Å². The van der Waals surface area contributed by atoms with Gasteiger partial charge in [0.1, 0.15) is 6.04 Å². The number of rotatable bonds is 6. The van der Waals surface area contributed by atoms with Crippen LogP contribution in [0.3, 0.4) is 0 Å². The molecule has 2 aromatic carbocycles. The van der Waals surface area contributed by atoms with Gasteiger partial charge in [0.25, 0.3) is 0 Å². The van der Waals surface area contributed by atoms with E-state index in [0.29, 0.717) is 12.2 Å². The van der Waals surface area contributed by atoms with E-state index in [0.717, 1.165) is 11.1 Å². The van der Waals surface area contributed by atoms with Crippen molar-refractivity contribution >= 4 is 17.6 Å². The zero-order valence-corrected chi connectivity index (χ0v) is 14.9. The monoisotopic (exact) mass is 339 g/mol. The SMILES string of the molecule is Cc1cccc(CNC(=O)C(NC(=O)Nc2ccccc2)C(C)C)c1. The molecule has 3 N–H and O–H groups in total. The summed E-state index contributed by atoms with van der Waals surface area (Å²) in [5.74, 6) is -0.223. The Hall–Kier alpha value is -2.82. The lowest BCUT2D eigenvalue weighted by Crippen LogP contribution is -2.50. The molecular weight excluding hydrogens is 314 g/mol. The van der Waals surface area contributed by atoms with Crippen molar-refractivity contribution in [3.63, 3.8) is 0 Å². The van der Waals surface area contributed by atoms with Crippen molar-refractivity contribution in [1.29, 1.82) is 0 Å².